The number of thioether (sulfide) groups is 1. The van der Waals surface area contributed by atoms with Gasteiger partial charge in [0.15, 0.2) is 0 Å². The third-order valence-electron chi connectivity index (χ3n) is 3.08. The number of hydrogen-bond acceptors (Lipinski definition) is 2. The molecule has 5 heteroatoms. The minimum Gasteiger partial charge on any atom is -0.480 e. The number of carboxylic acid groups (broad SMARTS) is 1. The number of hydrogen-bond donors (Lipinski definition) is 1. The van der Waals surface area contributed by atoms with Crippen molar-refractivity contribution >= 4 is 40.9 Å². The summed E-state index contributed by atoms with van der Waals surface area (Å²) in [7, 11) is 0. The summed E-state index contributed by atoms with van der Waals surface area (Å²) in [5.74, 6) is -0.839. The van der Waals surface area contributed by atoms with Gasteiger partial charge in [0.2, 0.25) is 0 Å². The lowest BCUT2D eigenvalue weighted by Crippen LogP contribution is -2.19. The summed E-state index contributed by atoms with van der Waals surface area (Å²) < 4.78 is 0. The van der Waals surface area contributed by atoms with Gasteiger partial charge in [0.1, 0.15) is 5.25 Å². The maximum Gasteiger partial charge on any atom is 0.317 e. The van der Waals surface area contributed by atoms with Crippen LogP contribution < -0.4 is 0 Å². The highest BCUT2D eigenvalue weighted by Gasteiger charge is 2.20. The Hall–Kier alpha value is -1.16. The third-order valence-corrected chi connectivity index (χ3v) is 4.77. The molecule has 0 fully saturated rings. The number of halogens is 2. The molecule has 0 saturated heterocycles. The van der Waals surface area contributed by atoms with E-state index in [-0.39, 0.29) is 0 Å². The van der Waals surface area contributed by atoms with E-state index in [9.17, 15) is 9.90 Å². The SMILES string of the molecule is Cc1ccc(Cl)cc1C[C@H](Sc1ccc(Cl)cc1)C(=O)O. The Bertz CT molecular complexity index is 641. The Labute approximate surface area is 138 Å². The maximum absolute atomic E-state index is 11.5. The van der Waals surface area contributed by atoms with Gasteiger partial charge < -0.3 is 5.11 Å². The van der Waals surface area contributed by atoms with Gasteiger partial charge in [-0.05, 0) is 60.9 Å². The van der Waals surface area contributed by atoms with Crippen LogP contribution in [0.15, 0.2) is 47.4 Å². The van der Waals surface area contributed by atoms with Gasteiger partial charge in [0.25, 0.3) is 0 Å². The number of rotatable bonds is 5. The zero-order chi connectivity index (χ0) is 15.4. The van der Waals surface area contributed by atoms with E-state index in [1.54, 1.807) is 12.1 Å². The Kier molecular flexibility index (Phi) is 5.57. The molecule has 1 atom stereocenters. The van der Waals surface area contributed by atoms with Crippen molar-refractivity contribution in [2.24, 2.45) is 0 Å². The van der Waals surface area contributed by atoms with Gasteiger partial charge in [-0.2, -0.15) is 0 Å². The molecule has 2 nitrogen and oxygen atoms in total. The van der Waals surface area contributed by atoms with E-state index < -0.39 is 11.2 Å². The largest absolute Gasteiger partial charge is 0.480 e. The Morgan fingerprint density at radius 3 is 2.38 bits per heavy atom. The molecule has 0 heterocycles. The van der Waals surface area contributed by atoms with E-state index in [0.717, 1.165) is 16.0 Å². The van der Waals surface area contributed by atoms with Gasteiger partial charge in [-0.15, -0.1) is 11.8 Å². The summed E-state index contributed by atoms with van der Waals surface area (Å²) in [6, 6.07) is 12.7. The van der Waals surface area contributed by atoms with Crippen molar-refractivity contribution in [1.82, 2.24) is 0 Å². The number of aliphatic carboxylic acids is 1. The van der Waals surface area contributed by atoms with E-state index in [1.807, 2.05) is 37.3 Å². The minimum absolute atomic E-state index is 0.426. The summed E-state index contributed by atoms with van der Waals surface area (Å²) in [4.78, 5) is 12.4. The fraction of sp³-hybridized carbons (Fsp3) is 0.188. The highest BCUT2D eigenvalue weighted by atomic mass is 35.5. The Morgan fingerprint density at radius 2 is 1.76 bits per heavy atom. The highest BCUT2D eigenvalue weighted by molar-refractivity contribution is 8.00. The van der Waals surface area contributed by atoms with Crippen LogP contribution in [-0.2, 0) is 11.2 Å². The summed E-state index contributed by atoms with van der Waals surface area (Å²) >= 11 is 13.1. The van der Waals surface area contributed by atoms with E-state index in [1.165, 1.54) is 11.8 Å². The van der Waals surface area contributed by atoms with Gasteiger partial charge in [-0.3, -0.25) is 4.79 Å². The molecule has 0 aliphatic carbocycles. The van der Waals surface area contributed by atoms with Crippen molar-refractivity contribution in [2.45, 2.75) is 23.5 Å². The van der Waals surface area contributed by atoms with Crippen LogP contribution in [0.2, 0.25) is 10.0 Å². The first-order chi connectivity index (χ1) is 9.95. The predicted molar refractivity (Wildman–Crippen MR) is 88.6 cm³/mol. The number of carboxylic acids is 1. The van der Waals surface area contributed by atoms with Crippen LogP contribution in [-0.4, -0.2) is 16.3 Å². The molecular weight excluding hydrogens is 327 g/mol. The van der Waals surface area contributed by atoms with Gasteiger partial charge in [0, 0.05) is 14.9 Å². The van der Waals surface area contributed by atoms with E-state index in [4.69, 9.17) is 23.2 Å². The number of benzene rings is 2. The molecule has 21 heavy (non-hydrogen) atoms. The molecule has 0 aliphatic rings. The lowest BCUT2D eigenvalue weighted by atomic mass is 10.0. The summed E-state index contributed by atoms with van der Waals surface area (Å²) in [5, 5.41) is 10.1. The topological polar surface area (TPSA) is 37.3 Å². The molecule has 0 radical (unpaired) electrons. The van der Waals surface area contributed by atoms with E-state index >= 15 is 0 Å². The minimum atomic E-state index is -0.839. The van der Waals surface area contributed by atoms with Crippen LogP contribution in [0.4, 0.5) is 0 Å². The fourth-order valence-electron chi connectivity index (χ4n) is 1.92. The van der Waals surface area contributed by atoms with Gasteiger partial charge in [0.05, 0.1) is 0 Å². The second-order valence-corrected chi connectivity index (χ2v) is 6.82. The average molecular weight is 341 g/mol. The first-order valence-corrected chi connectivity index (χ1v) is 7.99. The quantitative estimate of drug-likeness (QED) is 0.770. The zero-order valence-corrected chi connectivity index (χ0v) is 13.7. The van der Waals surface area contributed by atoms with Crippen LogP contribution in [0.1, 0.15) is 11.1 Å². The molecule has 0 aromatic heterocycles. The second-order valence-electron chi connectivity index (χ2n) is 4.67. The summed E-state index contributed by atoms with van der Waals surface area (Å²) in [5.41, 5.74) is 2.00. The molecule has 2 aromatic carbocycles. The van der Waals surface area contributed by atoms with Crippen LogP contribution in [0.3, 0.4) is 0 Å². The van der Waals surface area contributed by atoms with Crippen molar-refractivity contribution in [2.75, 3.05) is 0 Å². The Balaban J connectivity index is 2.17. The molecule has 110 valence electrons. The van der Waals surface area contributed by atoms with Crippen molar-refractivity contribution in [1.29, 1.82) is 0 Å². The van der Waals surface area contributed by atoms with Crippen molar-refractivity contribution in [3.05, 3.63) is 63.6 Å². The van der Waals surface area contributed by atoms with Crippen LogP contribution in [0, 0.1) is 6.92 Å². The summed E-state index contributed by atoms with van der Waals surface area (Å²) in [6.07, 6.45) is 0.426. The molecule has 2 rings (SSSR count). The number of aryl methyl sites for hydroxylation is 1. The molecule has 0 bridgehead atoms. The zero-order valence-electron chi connectivity index (χ0n) is 11.3. The van der Waals surface area contributed by atoms with Gasteiger partial charge in [-0.1, -0.05) is 29.3 Å². The van der Waals surface area contributed by atoms with E-state index in [0.29, 0.717) is 16.5 Å². The molecule has 0 unspecified atom stereocenters. The van der Waals surface area contributed by atoms with Crippen molar-refractivity contribution in [3.63, 3.8) is 0 Å². The van der Waals surface area contributed by atoms with Gasteiger partial charge >= 0.3 is 5.97 Å². The van der Waals surface area contributed by atoms with Crippen molar-refractivity contribution in [3.8, 4) is 0 Å². The lowest BCUT2D eigenvalue weighted by Gasteiger charge is -2.14. The normalized spacial score (nSPS) is 12.1. The molecule has 2 aromatic rings. The van der Waals surface area contributed by atoms with Crippen LogP contribution >= 0.6 is 35.0 Å². The van der Waals surface area contributed by atoms with Crippen LogP contribution in [0.25, 0.3) is 0 Å². The molecule has 0 amide bonds. The first-order valence-electron chi connectivity index (χ1n) is 6.36. The molecule has 0 spiro atoms. The van der Waals surface area contributed by atoms with Crippen molar-refractivity contribution < 1.29 is 9.90 Å². The average Bonchev–Trinajstić information content (AvgIpc) is 2.44. The standard InChI is InChI=1S/C16H14Cl2O2S/c1-10-2-3-13(18)8-11(10)9-15(16(19)20)21-14-6-4-12(17)5-7-14/h2-8,15H,9H2,1H3,(H,19,20)/t15-/m0/s1. The molecular formula is C16H14Cl2O2S. The lowest BCUT2D eigenvalue weighted by molar-refractivity contribution is -0.136. The predicted octanol–water partition coefficient (Wildman–Crippen LogP) is 5.09. The molecule has 0 aliphatic heterocycles. The van der Waals surface area contributed by atoms with E-state index in [2.05, 4.69) is 0 Å². The Morgan fingerprint density at radius 1 is 1.14 bits per heavy atom. The summed E-state index contributed by atoms with van der Waals surface area (Å²) in [6.45, 7) is 1.96. The smallest absolute Gasteiger partial charge is 0.317 e. The second kappa shape index (κ2) is 7.21. The molecule has 0 saturated carbocycles. The van der Waals surface area contributed by atoms with Gasteiger partial charge in [-0.25, -0.2) is 0 Å². The fourth-order valence-corrected chi connectivity index (χ4v) is 3.22. The maximum atomic E-state index is 11.5. The molecule has 1 N–H and O–H groups in total. The monoisotopic (exact) mass is 340 g/mol. The highest BCUT2D eigenvalue weighted by Crippen LogP contribution is 2.28. The number of carbonyl (C=O) groups is 1. The first kappa shape index (κ1) is 16.2. The van der Waals surface area contributed by atoms with Crippen LogP contribution in [0.5, 0.6) is 0 Å². The third kappa shape index (κ3) is 4.67.